The van der Waals surface area contributed by atoms with E-state index in [1.807, 2.05) is 0 Å². The molecule has 0 fully saturated rings. The molecule has 0 radical (unpaired) electrons. The zero-order valence-electron chi connectivity index (χ0n) is 19.0. The third-order valence-corrected chi connectivity index (χ3v) is 11.0. The average Bonchev–Trinajstić information content (AvgIpc) is 2.49. The highest BCUT2D eigenvalue weighted by Gasteiger charge is 2.37. The Bertz CT molecular complexity index is 450. The maximum atomic E-state index is 11.5. The van der Waals surface area contributed by atoms with Gasteiger partial charge < -0.3 is 18.6 Å². The van der Waals surface area contributed by atoms with Crippen molar-refractivity contribution in [1.29, 1.82) is 0 Å². The molecule has 0 saturated carbocycles. The lowest BCUT2D eigenvalue weighted by Crippen LogP contribution is -2.43. The summed E-state index contributed by atoms with van der Waals surface area (Å²) < 4.78 is 22.8. The molecule has 0 aromatic heterocycles. The first kappa shape index (κ1) is 26.5. The fourth-order valence-electron chi connectivity index (χ4n) is 1.79. The van der Waals surface area contributed by atoms with E-state index in [9.17, 15) is 4.79 Å². The van der Waals surface area contributed by atoms with Gasteiger partial charge in [-0.15, -0.1) is 0 Å². The van der Waals surface area contributed by atoms with Crippen LogP contribution in [0.2, 0.25) is 43.8 Å². The SMILES string of the molecule is CCOC(=O)/C=C/C[C@@H](CO[Si](C)(C)C(C)(C)C)OCOCC[Si](C)(C)C. The summed E-state index contributed by atoms with van der Waals surface area (Å²) in [4.78, 5) is 11.5. The van der Waals surface area contributed by atoms with Crippen molar-refractivity contribution in [2.24, 2.45) is 0 Å². The van der Waals surface area contributed by atoms with Crippen LogP contribution in [0.1, 0.15) is 34.1 Å². The first-order valence-corrected chi connectivity index (χ1v) is 16.6. The number of carbonyl (C=O) groups is 1. The van der Waals surface area contributed by atoms with E-state index in [0.29, 0.717) is 19.6 Å². The lowest BCUT2D eigenvalue weighted by Gasteiger charge is -2.37. The molecule has 7 heteroatoms. The highest BCUT2D eigenvalue weighted by molar-refractivity contribution is 6.76. The molecule has 1 atom stereocenters. The number of esters is 1. The van der Waals surface area contributed by atoms with Crippen LogP contribution in [0.5, 0.6) is 0 Å². The second-order valence-electron chi connectivity index (χ2n) is 9.59. The minimum absolute atomic E-state index is 0.142. The van der Waals surface area contributed by atoms with Crippen LogP contribution in [-0.2, 0) is 23.4 Å². The number of hydrogen-bond donors (Lipinski definition) is 0. The Morgan fingerprint density at radius 1 is 1.11 bits per heavy atom. The Labute approximate surface area is 168 Å². The van der Waals surface area contributed by atoms with Crippen molar-refractivity contribution in [3.63, 3.8) is 0 Å². The Hall–Kier alpha value is -0.476. The van der Waals surface area contributed by atoms with Crippen LogP contribution in [0.15, 0.2) is 12.2 Å². The van der Waals surface area contributed by atoms with E-state index in [-0.39, 0.29) is 23.9 Å². The molecule has 0 amide bonds. The van der Waals surface area contributed by atoms with Crippen LogP contribution >= 0.6 is 0 Å². The summed E-state index contributed by atoms with van der Waals surface area (Å²) in [5.41, 5.74) is 0. The van der Waals surface area contributed by atoms with Crippen LogP contribution in [0.4, 0.5) is 0 Å². The Kier molecular flexibility index (Phi) is 11.9. The first-order valence-electron chi connectivity index (χ1n) is 9.95. The molecule has 0 aliphatic heterocycles. The Morgan fingerprint density at radius 3 is 2.26 bits per heavy atom. The predicted molar refractivity (Wildman–Crippen MR) is 117 cm³/mol. The van der Waals surface area contributed by atoms with E-state index in [1.165, 1.54) is 6.08 Å². The van der Waals surface area contributed by atoms with Crippen LogP contribution in [-0.4, -0.2) is 55.1 Å². The maximum Gasteiger partial charge on any atom is 0.330 e. The Balaban J connectivity index is 4.59. The number of ether oxygens (including phenoxy) is 3. The minimum Gasteiger partial charge on any atom is -0.463 e. The summed E-state index contributed by atoms with van der Waals surface area (Å²) in [5.74, 6) is -0.326. The van der Waals surface area contributed by atoms with Gasteiger partial charge in [0.25, 0.3) is 0 Å². The van der Waals surface area contributed by atoms with Gasteiger partial charge in [-0.05, 0) is 37.5 Å². The van der Waals surface area contributed by atoms with Crippen molar-refractivity contribution in [1.82, 2.24) is 0 Å². The van der Waals surface area contributed by atoms with E-state index in [1.54, 1.807) is 13.0 Å². The molecule has 0 rings (SSSR count). The minimum atomic E-state index is -1.85. The predicted octanol–water partition coefficient (Wildman–Crippen LogP) is 5.22. The topological polar surface area (TPSA) is 54.0 Å². The van der Waals surface area contributed by atoms with Crippen LogP contribution in [0, 0.1) is 0 Å². The van der Waals surface area contributed by atoms with Gasteiger partial charge in [0.2, 0.25) is 0 Å². The standard InChI is InChI=1S/C20H42O5Si2/c1-10-23-19(21)13-11-12-18(16-25-27(8,9)20(2,3)4)24-17-22-14-15-26(5,6)7/h11,13,18H,10,12,14-17H2,1-9H3/b13-11+/t18-/m0/s1. The molecule has 0 aromatic carbocycles. The molecule has 0 saturated heterocycles. The maximum absolute atomic E-state index is 11.5. The molecule has 0 aromatic rings. The van der Waals surface area contributed by atoms with Crippen molar-refractivity contribution in [2.45, 2.75) is 84.0 Å². The smallest absolute Gasteiger partial charge is 0.330 e. The van der Waals surface area contributed by atoms with Crippen molar-refractivity contribution < 1.29 is 23.4 Å². The summed E-state index contributed by atoms with van der Waals surface area (Å²) in [5, 5.41) is 0.145. The third-order valence-electron chi connectivity index (χ3n) is 4.76. The summed E-state index contributed by atoms with van der Waals surface area (Å²) in [6.45, 7) is 21.7. The van der Waals surface area contributed by atoms with Gasteiger partial charge in [0.1, 0.15) is 6.79 Å². The molecular formula is C20H42O5Si2. The number of hydrogen-bond acceptors (Lipinski definition) is 5. The lowest BCUT2D eigenvalue weighted by atomic mass is 10.2. The molecule has 0 heterocycles. The highest BCUT2D eigenvalue weighted by atomic mass is 28.4. The van der Waals surface area contributed by atoms with Gasteiger partial charge in [-0.25, -0.2) is 4.79 Å². The summed E-state index contributed by atoms with van der Waals surface area (Å²) in [6, 6.07) is 1.12. The van der Waals surface area contributed by atoms with Crippen molar-refractivity contribution in [3.05, 3.63) is 12.2 Å². The van der Waals surface area contributed by atoms with Gasteiger partial charge >= 0.3 is 5.97 Å². The van der Waals surface area contributed by atoms with Gasteiger partial charge in [0.05, 0.1) is 19.3 Å². The molecule has 160 valence electrons. The van der Waals surface area contributed by atoms with Crippen LogP contribution < -0.4 is 0 Å². The zero-order valence-corrected chi connectivity index (χ0v) is 21.0. The van der Waals surface area contributed by atoms with E-state index < -0.39 is 16.4 Å². The fourth-order valence-corrected chi connectivity index (χ4v) is 3.58. The van der Waals surface area contributed by atoms with Gasteiger partial charge in [-0.2, -0.15) is 0 Å². The molecule has 0 N–H and O–H groups in total. The van der Waals surface area contributed by atoms with Crippen molar-refractivity contribution >= 4 is 22.4 Å². The molecule has 0 aliphatic rings. The highest BCUT2D eigenvalue weighted by Crippen LogP contribution is 2.36. The number of carbonyl (C=O) groups excluding carboxylic acids is 1. The normalized spacial score (nSPS) is 14.6. The lowest BCUT2D eigenvalue weighted by molar-refractivity contribution is -0.137. The molecule has 0 spiro atoms. The second-order valence-corrected chi connectivity index (χ2v) is 20.0. The van der Waals surface area contributed by atoms with E-state index >= 15 is 0 Å². The van der Waals surface area contributed by atoms with E-state index in [2.05, 4.69) is 53.5 Å². The summed E-state index contributed by atoms with van der Waals surface area (Å²) in [7, 11) is -2.95. The fraction of sp³-hybridized carbons (Fsp3) is 0.850. The molecule has 0 bridgehead atoms. The second kappa shape index (κ2) is 12.2. The third kappa shape index (κ3) is 13.4. The summed E-state index contributed by atoms with van der Waals surface area (Å²) in [6.07, 6.45) is 3.69. The van der Waals surface area contributed by atoms with Crippen molar-refractivity contribution in [3.8, 4) is 0 Å². The monoisotopic (exact) mass is 418 g/mol. The zero-order chi connectivity index (χ0) is 21.1. The molecule has 0 aliphatic carbocycles. The molecule has 27 heavy (non-hydrogen) atoms. The van der Waals surface area contributed by atoms with Gasteiger partial charge in [0, 0.05) is 20.8 Å². The van der Waals surface area contributed by atoms with Crippen LogP contribution in [0.25, 0.3) is 0 Å². The molecule has 5 nitrogen and oxygen atoms in total. The van der Waals surface area contributed by atoms with E-state index in [4.69, 9.17) is 18.6 Å². The number of rotatable bonds is 13. The van der Waals surface area contributed by atoms with Gasteiger partial charge in [0.15, 0.2) is 8.32 Å². The van der Waals surface area contributed by atoms with Crippen LogP contribution in [0.3, 0.4) is 0 Å². The van der Waals surface area contributed by atoms with E-state index in [0.717, 1.165) is 12.7 Å². The molecule has 0 unspecified atom stereocenters. The average molecular weight is 419 g/mol. The van der Waals surface area contributed by atoms with Gasteiger partial charge in [-0.3, -0.25) is 0 Å². The van der Waals surface area contributed by atoms with Crippen molar-refractivity contribution in [2.75, 3.05) is 26.6 Å². The molecular weight excluding hydrogens is 376 g/mol. The Morgan fingerprint density at radius 2 is 1.74 bits per heavy atom. The largest absolute Gasteiger partial charge is 0.463 e. The first-order chi connectivity index (χ1) is 12.3. The van der Waals surface area contributed by atoms with Gasteiger partial charge in [-0.1, -0.05) is 46.5 Å². The summed E-state index contributed by atoms with van der Waals surface area (Å²) >= 11 is 0. The quantitative estimate of drug-likeness (QED) is 0.135.